The predicted octanol–water partition coefficient (Wildman–Crippen LogP) is 2.59. The summed E-state index contributed by atoms with van der Waals surface area (Å²) in [6.07, 6.45) is -1.20. The molecule has 1 amide bonds. The topological polar surface area (TPSA) is 93.2 Å². The zero-order chi connectivity index (χ0) is 9.84. The molecule has 0 aromatic heterocycles. The zero-order valence-corrected chi connectivity index (χ0v) is 13.9. The van der Waals surface area contributed by atoms with E-state index in [0.29, 0.717) is 0 Å². The van der Waals surface area contributed by atoms with Gasteiger partial charge in [0.05, 0.1) is 4.92 Å². The summed E-state index contributed by atoms with van der Waals surface area (Å²) in [5, 5.41) is 10.2. The SMILES string of the molecule is [CH3-].[NH-]C(=O)Oc1ccc([N+](=O)[O-])cc1.[U].[V]. The molecule has 0 aliphatic carbocycles. The Hall–Kier alpha value is -0.474. The van der Waals surface area contributed by atoms with Crippen LogP contribution in [0.25, 0.3) is 5.73 Å². The third-order valence-corrected chi connectivity index (χ3v) is 1.26. The molecular formula is C8H8N2O4UV-2. The van der Waals surface area contributed by atoms with Gasteiger partial charge in [-0.3, -0.25) is 14.9 Å². The molecule has 0 saturated heterocycles. The van der Waals surface area contributed by atoms with Crippen molar-refractivity contribution in [2.75, 3.05) is 0 Å². The molecule has 8 heteroatoms. The Labute approximate surface area is 128 Å². The standard InChI is InChI=1S/C7H6N2O4.CH3.U.V/c8-7(10)13-6-3-1-5(2-4-6)9(11)12;;;/h1-4H,(H2,8,10);1H3;;/q;-1;;/p-1. The smallest absolute Gasteiger partial charge is 0.269 e. The minimum Gasteiger partial charge on any atom is -0.631 e. The van der Waals surface area contributed by atoms with E-state index in [0.717, 1.165) is 0 Å². The quantitative estimate of drug-likeness (QED) is 0.366. The average Bonchev–Trinajstić information content (AvgIpc) is 2.04. The third kappa shape index (κ3) is 6.91. The number of nitrogens with one attached hydrogen (secondary N) is 1. The number of nitro groups is 1. The first-order valence-corrected chi connectivity index (χ1v) is 3.27. The number of benzene rings is 1. The first kappa shape index (κ1) is 20.9. The Kier molecular flexibility index (Phi) is 12.7. The van der Waals surface area contributed by atoms with Crippen LogP contribution in [0.5, 0.6) is 5.75 Å². The molecule has 0 unspecified atom stereocenters. The van der Waals surface area contributed by atoms with Crippen molar-refractivity contribution in [1.82, 2.24) is 0 Å². The van der Waals surface area contributed by atoms with Gasteiger partial charge in [-0.25, -0.2) is 0 Å². The number of carbonyl (C=O) groups is 1. The van der Waals surface area contributed by atoms with Crippen molar-refractivity contribution in [3.05, 3.63) is 47.5 Å². The Balaban J connectivity index is -0.000000563. The number of ether oxygens (including phenoxy) is 1. The van der Waals surface area contributed by atoms with E-state index in [1.807, 2.05) is 0 Å². The van der Waals surface area contributed by atoms with Gasteiger partial charge in [0, 0.05) is 61.8 Å². The van der Waals surface area contributed by atoms with Crippen molar-refractivity contribution in [2.45, 2.75) is 0 Å². The van der Waals surface area contributed by atoms with Gasteiger partial charge in [0.15, 0.2) is 0 Å². The minimum atomic E-state index is -1.20. The molecule has 0 aliphatic rings. The van der Waals surface area contributed by atoms with E-state index in [9.17, 15) is 14.9 Å². The van der Waals surface area contributed by atoms with Crippen LogP contribution in [0.1, 0.15) is 0 Å². The van der Waals surface area contributed by atoms with E-state index in [1.54, 1.807) is 0 Å². The summed E-state index contributed by atoms with van der Waals surface area (Å²) in [5.41, 5.74) is 6.37. The zero-order valence-electron chi connectivity index (χ0n) is 8.34. The molecule has 0 bridgehead atoms. The summed E-state index contributed by atoms with van der Waals surface area (Å²) in [6, 6.07) is 4.89. The van der Waals surface area contributed by atoms with Crippen LogP contribution in [-0.4, -0.2) is 11.0 Å². The van der Waals surface area contributed by atoms with Crippen molar-refractivity contribution >= 4 is 11.8 Å². The Morgan fingerprint density at radius 1 is 1.31 bits per heavy atom. The maximum absolute atomic E-state index is 10.2. The molecule has 0 saturated carbocycles. The fraction of sp³-hybridized carbons (Fsp3) is 0. The summed E-state index contributed by atoms with van der Waals surface area (Å²) >= 11 is 0. The maximum atomic E-state index is 10.2. The van der Waals surface area contributed by atoms with Gasteiger partial charge >= 0.3 is 0 Å². The molecule has 0 spiro atoms. The van der Waals surface area contributed by atoms with E-state index in [4.69, 9.17) is 5.73 Å². The van der Waals surface area contributed by atoms with Gasteiger partial charge in [0.2, 0.25) is 6.09 Å². The normalized spacial score (nSPS) is 7.50. The first-order chi connectivity index (χ1) is 6.09. The second kappa shape index (κ2) is 9.73. The number of hydrogen-bond acceptors (Lipinski definition) is 4. The Morgan fingerprint density at radius 3 is 2.06 bits per heavy atom. The Morgan fingerprint density at radius 2 is 1.75 bits per heavy atom. The number of rotatable bonds is 2. The molecule has 1 radical (unpaired) electrons. The summed E-state index contributed by atoms with van der Waals surface area (Å²) in [5.74, 6) is 0.116. The molecule has 0 heterocycles. The van der Waals surface area contributed by atoms with E-state index in [2.05, 4.69) is 4.74 Å². The monoisotopic (exact) mass is 485 g/mol. The summed E-state index contributed by atoms with van der Waals surface area (Å²) in [6.45, 7) is 0. The molecular weight excluding hydrogens is 477 g/mol. The van der Waals surface area contributed by atoms with Crippen LogP contribution in [0.3, 0.4) is 0 Å². The van der Waals surface area contributed by atoms with Crippen molar-refractivity contribution in [3.8, 4) is 5.75 Å². The molecule has 0 aliphatic heterocycles. The van der Waals surface area contributed by atoms with Gasteiger partial charge in [-0.2, -0.15) is 0 Å². The summed E-state index contributed by atoms with van der Waals surface area (Å²) in [7, 11) is 0. The molecule has 1 rings (SSSR count). The molecule has 0 fully saturated rings. The number of non-ortho nitro benzene ring substituents is 1. The number of nitrogens with zero attached hydrogens (tertiary/aromatic N) is 1. The number of amides is 1. The second-order valence-corrected chi connectivity index (χ2v) is 2.14. The molecule has 16 heavy (non-hydrogen) atoms. The average molecular weight is 485 g/mol. The molecule has 0 atom stereocenters. The predicted molar refractivity (Wildman–Crippen MR) is 49.9 cm³/mol. The van der Waals surface area contributed by atoms with Crippen molar-refractivity contribution in [2.24, 2.45) is 0 Å². The van der Waals surface area contributed by atoms with Gasteiger partial charge in [-0.05, 0) is 12.1 Å². The van der Waals surface area contributed by atoms with Crippen molar-refractivity contribution in [3.63, 3.8) is 0 Å². The number of carbonyl (C=O) groups excluding carboxylic acids is 1. The summed E-state index contributed by atoms with van der Waals surface area (Å²) in [4.78, 5) is 19.8. The maximum Gasteiger partial charge on any atom is 0.269 e. The van der Waals surface area contributed by atoms with Crippen molar-refractivity contribution in [1.29, 1.82) is 0 Å². The third-order valence-electron chi connectivity index (χ3n) is 1.26. The fourth-order valence-electron chi connectivity index (χ4n) is 0.743. The fourth-order valence-corrected chi connectivity index (χ4v) is 0.743. The van der Waals surface area contributed by atoms with Gasteiger partial charge in [0.25, 0.3) is 5.69 Å². The van der Waals surface area contributed by atoms with Crippen LogP contribution >= 0.6 is 0 Å². The number of nitro benzene ring substituents is 1. The largest absolute Gasteiger partial charge is 0.631 e. The van der Waals surface area contributed by atoms with E-state index in [-0.39, 0.29) is 68.5 Å². The first-order valence-electron chi connectivity index (χ1n) is 3.27. The van der Waals surface area contributed by atoms with Gasteiger partial charge in [0.1, 0.15) is 5.75 Å². The van der Waals surface area contributed by atoms with Gasteiger partial charge in [-0.1, -0.05) is 0 Å². The molecule has 1 aromatic carbocycles. The number of hydrogen-bond donors (Lipinski definition) is 0. The van der Waals surface area contributed by atoms with Crippen LogP contribution in [-0.2, 0) is 18.6 Å². The minimum absolute atomic E-state index is 0. The molecule has 6 nitrogen and oxygen atoms in total. The van der Waals surface area contributed by atoms with Crippen LogP contribution in [0.4, 0.5) is 10.5 Å². The second-order valence-electron chi connectivity index (χ2n) is 2.14. The van der Waals surface area contributed by atoms with Crippen molar-refractivity contribution < 1.29 is 64.1 Å². The molecule has 1 N–H and O–H groups in total. The molecule has 85 valence electrons. The van der Waals surface area contributed by atoms with Crippen LogP contribution in [0.2, 0.25) is 0 Å². The van der Waals surface area contributed by atoms with E-state index >= 15 is 0 Å². The van der Waals surface area contributed by atoms with E-state index < -0.39 is 11.0 Å². The molecule has 1 aromatic rings. The van der Waals surface area contributed by atoms with Crippen LogP contribution in [0, 0.1) is 48.7 Å². The van der Waals surface area contributed by atoms with Crippen LogP contribution < -0.4 is 4.74 Å². The van der Waals surface area contributed by atoms with Crippen LogP contribution in [0.15, 0.2) is 24.3 Å². The van der Waals surface area contributed by atoms with E-state index in [1.165, 1.54) is 24.3 Å². The Bertz CT molecular complexity index is 344. The summed E-state index contributed by atoms with van der Waals surface area (Å²) < 4.78 is 4.35. The van der Waals surface area contributed by atoms with Gasteiger partial charge < -0.3 is 17.9 Å². The van der Waals surface area contributed by atoms with Gasteiger partial charge in [-0.15, -0.1) is 0 Å².